The van der Waals surface area contributed by atoms with Crippen molar-refractivity contribution in [3.05, 3.63) is 82.4 Å². The van der Waals surface area contributed by atoms with Gasteiger partial charge in [0.1, 0.15) is 0 Å². The predicted octanol–water partition coefficient (Wildman–Crippen LogP) is 4.79. The third-order valence-corrected chi connectivity index (χ3v) is 3.65. The first-order valence-corrected chi connectivity index (χ1v) is 8.56. The van der Waals surface area contributed by atoms with E-state index < -0.39 is 0 Å². The first-order valence-electron chi connectivity index (χ1n) is 7.77. The van der Waals surface area contributed by atoms with E-state index in [0.29, 0.717) is 17.9 Å². The monoisotopic (exact) mass is 399 g/mol. The minimum Gasteiger partial charge on any atom is -0.462 e. The number of carbonyl (C=O) groups is 2. The Balaban J connectivity index is 1.93. The Kier molecular flexibility index (Phi) is 7.16. The van der Waals surface area contributed by atoms with Gasteiger partial charge in [0.05, 0.1) is 12.2 Å². The molecule has 0 aromatic heterocycles. The Morgan fingerprint density at radius 2 is 1.72 bits per heavy atom. The maximum Gasteiger partial charge on any atom is 0.338 e. The number of allylic oxidation sites excluding steroid dienone is 2. The van der Waals surface area contributed by atoms with Crippen LogP contribution in [0, 0.1) is 0 Å². The van der Waals surface area contributed by atoms with E-state index in [1.807, 2.05) is 36.4 Å². The van der Waals surface area contributed by atoms with Crippen LogP contribution in [0.25, 0.3) is 6.08 Å². The quantitative estimate of drug-likeness (QED) is 0.431. The van der Waals surface area contributed by atoms with Gasteiger partial charge in [0, 0.05) is 16.2 Å². The number of hydrogen-bond donors (Lipinski definition) is 1. The molecule has 2 aromatic carbocycles. The fourth-order valence-electron chi connectivity index (χ4n) is 2.00. The van der Waals surface area contributed by atoms with E-state index in [-0.39, 0.29) is 11.9 Å². The molecule has 0 bridgehead atoms. The van der Waals surface area contributed by atoms with E-state index in [1.165, 1.54) is 6.08 Å². The molecule has 0 aliphatic rings. The van der Waals surface area contributed by atoms with Gasteiger partial charge in [0.15, 0.2) is 0 Å². The molecule has 4 nitrogen and oxygen atoms in total. The average molecular weight is 400 g/mol. The molecule has 0 aliphatic carbocycles. The number of anilines is 1. The molecule has 0 heterocycles. The number of rotatable bonds is 6. The van der Waals surface area contributed by atoms with Gasteiger partial charge in [0.25, 0.3) is 0 Å². The van der Waals surface area contributed by atoms with Gasteiger partial charge in [-0.15, -0.1) is 0 Å². The number of carbonyl (C=O) groups excluding carboxylic acids is 2. The summed E-state index contributed by atoms with van der Waals surface area (Å²) in [4.78, 5) is 23.5. The van der Waals surface area contributed by atoms with E-state index in [4.69, 9.17) is 4.74 Å². The topological polar surface area (TPSA) is 55.4 Å². The molecule has 5 heteroatoms. The Morgan fingerprint density at radius 3 is 2.36 bits per heavy atom. The minimum atomic E-state index is -0.379. The number of amides is 1. The predicted molar refractivity (Wildman–Crippen MR) is 104 cm³/mol. The van der Waals surface area contributed by atoms with Crippen LogP contribution >= 0.6 is 15.9 Å². The summed E-state index contributed by atoms with van der Waals surface area (Å²) < 4.78 is 5.70. The van der Waals surface area contributed by atoms with E-state index in [2.05, 4.69) is 21.2 Å². The van der Waals surface area contributed by atoms with Crippen LogP contribution < -0.4 is 5.32 Å². The van der Waals surface area contributed by atoms with Gasteiger partial charge >= 0.3 is 5.97 Å². The zero-order valence-corrected chi connectivity index (χ0v) is 15.3. The lowest BCUT2D eigenvalue weighted by Crippen LogP contribution is -2.09. The van der Waals surface area contributed by atoms with E-state index >= 15 is 0 Å². The third-order valence-electron chi connectivity index (χ3n) is 3.16. The standard InChI is InChI=1S/C20H18BrNO3/c1-2-25-20(24)16-8-11-18(12-9-16)22-19(23)13-10-17(21)14-15-6-4-3-5-7-15/h3-14H,2H2,1H3,(H,22,23). The molecule has 0 unspecified atom stereocenters. The molecule has 0 aliphatic heterocycles. The highest BCUT2D eigenvalue weighted by Crippen LogP contribution is 2.14. The number of halogens is 1. The highest BCUT2D eigenvalue weighted by atomic mass is 79.9. The molecule has 2 aromatic rings. The third kappa shape index (κ3) is 6.39. The van der Waals surface area contributed by atoms with Crippen LogP contribution in [0.1, 0.15) is 22.8 Å². The van der Waals surface area contributed by atoms with E-state index in [1.54, 1.807) is 37.3 Å². The Hall–Kier alpha value is -2.66. The number of nitrogens with one attached hydrogen (secondary N) is 1. The van der Waals surface area contributed by atoms with Crippen LogP contribution in [0.15, 0.2) is 71.2 Å². The van der Waals surface area contributed by atoms with Gasteiger partial charge in [0.2, 0.25) is 5.91 Å². The fourth-order valence-corrected chi connectivity index (χ4v) is 2.40. The summed E-state index contributed by atoms with van der Waals surface area (Å²) in [6.07, 6.45) is 5.02. The van der Waals surface area contributed by atoms with Gasteiger partial charge in [-0.3, -0.25) is 4.79 Å². The molecule has 128 valence electrons. The molecular weight excluding hydrogens is 382 g/mol. The second-order valence-electron chi connectivity index (χ2n) is 5.06. The van der Waals surface area contributed by atoms with Crippen molar-refractivity contribution in [2.45, 2.75) is 6.92 Å². The molecular formula is C20H18BrNO3. The Morgan fingerprint density at radius 1 is 1.04 bits per heavy atom. The molecule has 0 fully saturated rings. The van der Waals surface area contributed by atoms with Crippen molar-refractivity contribution < 1.29 is 14.3 Å². The van der Waals surface area contributed by atoms with Gasteiger partial charge in [-0.05, 0) is 48.9 Å². The van der Waals surface area contributed by atoms with E-state index in [0.717, 1.165) is 10.0 Å². The van der Waals surface area contributed by atoms with Crippen molar-refractivity contribution in [1.29, 1.82) is 0 Å². The largest absolute Gasteiger partial charge is 0.462 e. The summed E-state index contributed by atoms with van der Waals surface area (Å²) in [5.41, 5.74) is 2.09. The molecule has 2 rings (SSSR count). The highest BCUT2D eigenvalue weighted by molar-refractivity contribution is 9.12. The lowest BCUT2D eigenvalue weighted by Gasteiger charge is -2.04. The van der Waals surface area contributed by atoms with Crippen LogP contribution in [0.2, 0.25) is 0 Å². The fraction of sp³-hybridized carbons (Fsp3) is 0.100. The normalized spacial score (nSPS) is 11.4. The number of ether oxygens (including phenoxy) is 1. The van der Waals surface area contributed by atoms with Crippen molar-refractivity contribution >= 4 is 39.6 Å². The van der Waals surface area contributed by atoms with Crippen molar-refractivity contribution in [1.82, 2.24) is 0 Å². The Bertz CT molecular complexity index is 780. The van der Waals surface area contributed by atoms with Crippen molar-refractivity contribution in [2.75, 3.05) is 11.9 Å². The summed E-state index contributed by atoms with van der Waals surface area (Å²) in [6, 6.07) is 16.3. The second-order valence-corrected chi connectivity index (χ2v) is 5.98. The SMILES string of the molecule is CCOC(=O)c1ccc(NC(=O)C=CC(Br)=Cc2ccccc2)cc1. The number of hydrogen-bond acceptors (Lipinski definition) is 3. The van der Waals surface area contributed by atoms with Crippen molar-refractivity contribution in [3.63, 3.8) is 0 Å². The van der Waals surface area contributed by atoms with Crippen LogP contribution in [0.5, 0.6) is 0 Å². The van der Waals surface area contributed by atoms with Gasteiger partial charge in [-0.25, -0.2) is 4.79 Å². The minimum absolute atomic E-state index is 0.262. The lowest BCUT2D eigenvalue weighted by atomic mass is 10.2. The molecule has 0 radical (unpaired) electrons. The molecule has 0 atom stereocenters. The summed E-state index contributed by atoms with van der Waals surface area (Å²) in [5.74, 6) is -0.641. The zero-order chi connectivity index (χ0) is 18.1. The molecule has 0 spiro atoms. The lowest BCUT2D eigenvalue weighted by molar-refractivity contribution is -0.111. The van der Waals surface area contributed by atoms with Gasteiger partial charge in [-0.1, -0.05) is 46.3 Å². The van der Waals surface area contributed by atoms with E-state index in [9.17, 15) is 9.59 Å². The van der Waals surface area contributed by atoms with Crippen molar-refractivity contribution in [3.8, 4) is 0 Å². The molecule has 25 heavy (non-hydrogen) atoms. The van der Waals surface area contributed by atoms with Crippen LogP contribution in [0.3, 0.4) is 0 Å². The number of esters is 1. The van der Waals surface area contributed by atoms with Crippen LogP contribution in [0.4, 0.5) is 5.69 Å². The number of benzene rings is 2. The maximum absolute atomic E-state index is 12.0. The van der Waals surface area contributed by atoms with Crippen molar-refractivity contribution in [2.24, 2.45) is 0 Å². The molecule has 0 saturated heterocycles. The highest BCUT2D eigenvalue weighted by Gasteiger charge is 2.06. The smallest absolute Gasteiger partial charge is 0.338 e. The Labute approximate surface area is 155 Å². The van der Waals surface area contributed by atoms with Crippen LogP contribution in [-0.2, 0) is 9.53 Å². The van der Waals surface area contributed by atoms with Crippen LogP contribution in [-0.4, -0.2) is 18.5 Å². The molecule has 1 N–H and O–H groups in total. The first kappa shape index (κ1) is 18.7. The molecule has 1 amide bonds. The van der Waals surface area contributed by atoms with Gasteiger partial charge in [-0.2, -0.15) is 0 Å². The summed E-state index contributed by atoms with van der Waals surface area (Å²) >= 11 is 3.41. The average Bonchev–Trinajstić information content (AvgIpc) is 2.62. The summed E-state index contributed by atoms with van der Waals surface area (Å²) in [5, 5.41) is 2.73. The molecule has 0 saturated carbocycles. The summed E-state index contributed by atoms with van der Waals surface area (Å²) in [7, 11) is 0. The second kappa shape index (κ2) is 9.59. The van der Waals surface area contributed by atoms with Gasteiger partial charge < -0.3 is 10.1 Å². The zero-order valence-electron chi connectivity index (χ0n) is 13.7. The first-order chi connectivity index (χ1) is 12.1. The summed E-state index contributed by atoms with van der Waals surface area (Å²) in [6.45, 7) is 2.08. The maximum atomic E-state index is 12.0.